The van der Waals surface area contributed by atoms with Gasteiger partial charge in [-0.3, -0.25) is 4.79 Å². The van der Waals surface area contributed by atoms with Crippen LogP contribution >= 0.6 is 0 Å². The van der Waals surface area contributed by atoms with E-state index in [9.17, 15) is 9.59 Å². The first-order chi connectivity index (χ1) is 14.3. The van der Waals surface area contributed by atoms with Crippen LogP contribution in [0, 0.1) is 0 Å². The molecule has 152 valence electrons. The van der Waals surface area contributed by atoms with E-state index in [1.807, 2.05) is 30.3 Å². The zero-order chi connectivity index (χ0) is 20.3. The fourth-order valence-corrected chi connectivity index (χ4v) is 3.47. The van der Waals surface area contributed by atoms with Gasteiger partial charge in [0.05, 0.1) is 0 Å². The highest BCUT2D eigenvalue weighted by atomic mass is 16.5. The fourth-order valence-electron chi connectivity index (χ4n) is 3.47. The van der Waals surface area contributed by atoms with Crippen molar-refractivity contribution in [3.05, 3.63) is 60.2 Å². The molecule has 1 aliphatic carbocycles. The minimum absolute atomic E-state index is 0.148. The maximum atomic E-state index is 12.7. The fraction of sp³-hybridized carbons (Fsp3) is 0.391. The number of isocyanates is 1. The molecule has 0 heterocycles. The minimum Gasteiger partial charge on any atom is -0.490 e. The molecule has 0 aromatic heterocycles. The van der Waals surface area contributed by atoms with E-state index in [2.05, 4.69) is 10.3 Å². The predicted molar refractivity (Wildman–Crippen MR) is 110 cm³/mol. The number of hydrogen-bond donors (Lipinski definition) is 1. The number of aliphatic imine (C=N–C) groups is 1. The molecule has 29 heavy (non-hydrogen) atoms. The van der Waals surface area contributed by atoms with Crippen molar-refractivity contribution in [2.75, 3.05) is 13.2 Å². The largest absolute Gasteiger partial charge is 0.490 e. The molecule has 0 spiro atoms. The van der Waals surface area contributed by atoms with Gasteiger partial charge >= 0.3 is 0 Å². The molecule has 1 fully saturated rings. The molecule has 0 saturated heterocycles. The van der Waals surface area contributed by atoms with Crippen LogP contribution in [0.3, 0.4) is 0 Å². The van der Waals surface area contributed by atoms with Gasteiger partial charge in [-0.2, -0.15) is 4.99 Å². The first-order valence-corrected chi connectivity index (χ1v) is 10.0. The van der Waals surface area contributed by atoms with E-state index in [1.54, 1.807) is 24.3 Å². The average Bonchev–Trinajstić information content (AvgIpc) is 2.76. The number of para-hydroxylation sites is 1. The van der Waals surface area contributed by atoms with Gasteiger partial charge in [-0.05, 0) is 42.7 Å². The second-order valence-corrected chi connectivity index (χ2v) is 7.05. The lowest BCUT2D eigenvalue weighted by atomic mass is 9.95. The maximum absolute atomic E-state index is 12.7. The van der Waals surface area contributed by atoms with E-state index < -0.39 is 6.04 Å². The van der Waals surface area contributed by atoms with Crippen molar-refractivity contribution in [2.24, 2.45) is 4.99 Å². The molecule has 1 amide bonds. The van der Waals surface area contributed by atoms with E-state index in [0.717, 1.165) is 31.4 Å². The van der Waals surface area contributed by atoms with Crippen LogP contribution in [0.5, 0.6) is 11.5 Å². The number of carbonyl (C=O) groups excluding carboxylic acids is 2. The summed E-state index contributed by atoms with van der Waals surface area (Å²) in [7, 11) is 0. The zero-order valence-corrected chi connectivity index (χ0v) is 16.4. The van der Waals surface area contributed by atoms with Crippen molar-refractivity contribution in [3.8, 4) is 11.5 Å². The molecule has 3 rings (SSSR count). The van der Waals surface area contributed by atoms with Gasteiger partial charge in [-0.15, -0.1) is 0 Å². The third-order valence-corrected chi connectivity index (χ3v) is 4.92. The van der Waals surface area contributed by atoms with Gasteiger partial charge in [0.25, 0.3) is 5.91 Å². The summed E-state index contributed by atoms with van der Waals surface area (Å²) < 4.78 is 11.3. The molecule has 0 bridgehead atoms. The van der Waals surface area contributed by atoms with Crippen LogP contribution in [0.2, 0.25) is 0 Å². The smallest absolute Gasteiger partial charge is 0.250 e. The second kappa shape index (κ2) is 11.0. The topological polar surface area (TPSA) is 77.0 Å². The Morgan fingerprint density at radius 3 is 2.41 bits per heavy atom. The summed E-state index contributed by atoms with van der Waals surface area (Å²) in [5, 5.41) is 3.02. The van der Waals surface area contributed by atoms with Gasteiger partial charge in [0.2, 0.25) is 6.08 Å². The first-order valence-electron chi connectivity index (χ1n) is 10.0. The summed E-state index contributed by atoms with van der Waals surface area (Å²) in [5.41, 5.74) is 0.600. The van der Waals surface area contributed by atoms with E-state index in [-0.39, 0.29) is 11.9 Å². The Kier molecular flexibility index (Phi) is 7.84. The molecule has 1 saturated carbocycles. The second-order valence-electron chi connectivity index (χ2n) is 7.05. The van der Waals surface area contributed by atoms with Crippen molar-refractivity contribution in [3.63, 3.8) is 0 Å². The number of nitrogens with zero attached hydrogens (tertiary/aromatic N) is 1. The monoisotopic (exact) mass is 394 g/mol. The third-order valence-electron chi connectivity index (χ3n) is 4.92. The lowest BCUT2D eigenvalue weighted by Gasteiger charge is -2.24. The molecule has 2 aromatic carbocycles. The summed E-state index contributed by atoms with van der Waals surface area (Å²) in [5.74, 6) is 1.10. The number of amides is 1. The molecule has 1 N–H and O–H groups in total. The molecule has 2 aromatic rings. The zero-order valence-electron chi connectivity index (χ0n) is 16.4. The van der Waals surface area contributed by atoms with Crippen LogP contribution in [-0.4, -0.2) is 31.2 Å². The van der Waals surface area contributed by atoms with Crippen LogP contribution in [0.15, 0.2) is 59.6 Å². The van der Waals surface area contributed by atoms with Crippen LogP contribution in [0.25, 0.3) is 0 Å². The number of nitrogens with one attached hydrogen (secondary N) is 1. The Balaban J connectivity index is 1.57. The number of benzene rings is 2. The quantitative estimate of drug-likeness (QED) is 0.397. The molecular formula is C23H26N2O4. The summed E-state index contributed by atoms with van der Waals surface area (Å²) in [4.78, 5) is 27.3. The van der Waals surface area contributed by atoms with Crippen LogP contribution in [-0.2, 0) is 9.59 Å². The lowest BCUT2D eigenvalue weighted by molar-refractivity contribution is -0.123. The normalized spacial score (nSPS) is 15.0. The molecule has 0 aliphatic heterocycles. The summed E-state index contributed by atoms with van der Waals surface area (Å²) in [6.45, 7) is 0.751. The SMILES string of the molecule is O=C=NC(C(=O)NC1CCCCC1)c1cccc(OCCOc2ccccc2)c1. The van der Waals surface area contributed by atoms with Crippen LogP contribution < -0.4 is 14.8 Å². The molecular weight excluding hydrogens is 368 g/mol. The van der Waals surface area contributed by atoms with Crippen LogP contribution in [0.1, 0.15) is 43.7 Å². The highest BCUT2D eigenvalue weighted by molar-refractivity contribution is 5.84. The van der Waals surface area contributed by atoms with Crippen molar-refractivity contribution < 1.29 is 19.1 Å². The van der Waals surface area contributed by atoms with Crippen molar-refractivity contribution in [1.29, 1.82) is 0 Å². The Bertz CT molecular complexity index is 828. The van der Waals surface area contributed by atoms with Crippen molar-refractivity contribution >= 4 is 12.0 Å². The van der Waals surface area contributed by atoms with Gasteiger partial charge in [0, 0.05) is 6.04 Å². The third kappa shape index (κ3) is 6.47. The maximum Gasteiger partial charge on any atom is 0.250 e. The number of carbonyl (C=O) groups is 1. The van der Waals surface area contributed by atoms with Crippen LogP contribution in [0.4, 0.5) is 0 Å². The standard InChI is InChI=1S/C23H26N2O4/c26-17-24-22(23(27)25-19-9-3-1-4-10-19)18-8-7-13-21(16-18)29-15-14-28-20-11-5-2-6-12-20/h2,5-8,11-13,16,19,22H,1,3-4,9-10,14-15H2,(H,25,27). The molecule has 6 nitrogen and oxygen atoms in total. The Labute approximate surface area is 170 Å². The first kappa shape index (κ1) is 20.6. The lowest BCUT2D eigenvalue weighted by Crippen LogP contribution is -2.38. The van der Waals surface area contributed by atoms with Gasteiger partial charge in [-0.1, -0.05) is 49.6 Å². The van der Waals surface area contributed by atoms with Gasteiger partial charge in [0.15, 0.2) is 6.04 Å². The van der Waals surface area contributed by atoms with Gasteiger partial charge < -0.3 is 14.8 Å². The van der Waals surface area contributed by atoms with Crippen molar-refractivity contribution in [1.82, 2.24) is 5.32 Å². The Hall–Kier alpha value is -3.11. The van der Waals surface area contributed by atoms with Gasteiger partial charge in [0.1, 0.15) is 24.7 Å². The number of ether oxygens (including phenoxy) is 2. The Morgan fingerprint density at radius 2 is 1.69 bits per heavy atom. The Morgan fingerprint density at radius 1 is 1.00 bits per heavy atom. The molecule has 6 heteroatoms. The summed E-state index contributed by atoms with van der Waals surface area (Å²) in [6.07, 6.45) is 6.89. The van der Waals surface area contributed by atoms with Crippen molar-refractivity contribution in [2.45, 2.75) is 44.2 Å². The number of hydrogen-bond acceptors (Lipinski definition) is 5. The van der Waals surface area contributed by atoms with Gasteiger partial charge in [-0.25, -0.2) is 4.79 Å². The minimum atomic E-state index is -0.918. The number of rotatable bonds is 9. The highest BCUT2D eigenvalue weighted by Crippen LogP contribution is 2.24. The molecule has 1 atom stereocenters. The van der Waals surface area contributed by atoms with E-state index in [4.69, 9.17) is 9.47 Å². The predicted octanol–water partition coefficient (Wildman–Crippen LogP) is 3.97. The summed E-state index contributed by atoms with van der Waals surface area (Å²) >= 11 is 0. The molecule has 1 aliphatic rings. The summed E-state index contributed by atoms with van der Waals surface area (Å²) in [6, 6.07) is 15.8. The van der Waals surface area contributed by atoms with E-state index in [1.165, 1.54) is 12.5 Å². The molecule has 1 unspecified atom stereocenters. The van der Waals surface area contributed by atoms with E-state index >= 15 is 0 Å². The molecule has 0 radical (unpaired) electrons. The van der Waals surface area contributed by atoms with E-state index in [0.29, 0.717) is 24.5 Å². The average molecular weight is 394 g/mol. The highest BCUT2D eigenvalue weighted by Gasteiger charge is 2.24.